The molecule has 26 heavy (non-hydrogen) atoms. The highest BCUT2D eigenvalue weighted by Gasteiger charge is 1.87. The summed E-state index contributed by atoms with van der Waals surface area (Å²) in [6.45, 7) is 0. The Morgan fingerprint density at radius 1 is 0.462 bits per heavy atom. The zero-order valence-corrected chi connectivity index (χ0v) is 14.4. The van der Waals surface area contributed by atoms with Gasteiger partial charge in [0.05, 0.1) is 0 Å². The number of benzene rings is 3. The van der Waals surface area contributed by atoms with Crippen molar-refractivity contribution in [1.29, 1.82) is 0 Å². The molecule has 0 amide bonds. The molecule has 122 valence electrons. The highest BCUT2D eigenvalue weighted by Crippen LogP contribution is 2.04. The molecule has 0 N–H and O–H groups in total. The summed E-state index contributed by atoms with van der Waals surface area (Å²) in [4.78, 5) is 0. The minimum atomic E-state index is 0.980. The van der Waals surface area contributed by atoms with Gasteiger partial charge in [0, 0.05) is 11.1 Å². The summed E-state index contributed by atoms with van der Waals surface area (Å²) < 4.78 is 0. The second-order valence-electron chi connectivity index (χ2n) is 5.60. The van der Waals surface area contributed by atoms with Gasteiger partial charge in [0.15, 0.2) is 0 Å². The molecule has 0 aromatic heterocycles. The van der Waals surface area contributed by atoms with Crippen LogP contribution in [0.4, 0.5) is 0 Å². The van der Waals surface area contributed by atoms with Crippen LogP contribution < -0.4 is 0 Å². The van der Waals surface area contributed by atoms with Crippen LogP contribution in [0, 0.1) is 23.7 Å². The van der Waals surface area contributed by atoms with E-state index >= 15 is 0 Å². The van der Waals surface area contributed by atoms with Crippen molar-refractivity contribution in [2.24, 2.45) is 0 Å². The summed E-state index contributed by atoms with van der Waals surface area (Å²) in [5.74, 6) is 12.4. The lowest BCUT2D eigenvalue weighted by Gasteiger charge is -1.91. The Bertz CT molecular complexity index is 911. The molecule has 0 heteroatoms. The summed E-state index contributed by atoms with van der Waals surface area (Å²) in [5, 5.41) is 0. The first-order valence-corrected chi connectivity index (χ1v) is 8.46. The van der Waals surface area contributed by atoms with Crippen LogP contribution in [0.2, 0.25) is 0 Å². The number of rotatable bonds is 2. The van der Waals surface area contributed by atoms with E-state index in [0.717, 1.165) is 22.3 Å². The normalized spacial score (nSPS) is 10.2. The molecule has 0 nitrogen and oxygen atoms in total. The van der Waals surface area contributed by atoms with Crippen LogP contribution in [-0.2, 0) is 0 Å². The van der Waals surface area contributed by atoms with Gasteiger partial charge in [-0.2, -0.15) is 0 Å². The Hall–Kier alpha value is -3.74. The van der Waals surface area contributed by atoms with E-state index in [9.17, 15) is 0 Å². The predicted molar refractivity (Wildman–Crippen MR) is 111 cm³/mol. The molecule has 0 unspecified atom stereocenters. The van der Waals surface area contributed by atoms with Crippen molar-refractivity contribution >= 4 is 12.2 Å². The van der Waals surface area contributed by atoms with Crippen LogP contribution in [0.1, 0.15) is 22.3 Å². The summed E-state index contributed by atoms with van der Waals surface area (Å²) >= 11 is 0. The maximum Gasteiger partial charge on any atom is 0.0249 e. The number of hydrogen-bond donors (Lipinski definition) is 0. The van der Waals surface area contributed by atoms with Crippen molar-refractivity contribution in [3.8, 4) is 23.7 Å². The highest BCUT2D eigenvalue weighted by atomic mass is 13.9. The quantitative estimate of drug-likeness (QED) is 0.520. The van der Waals surface area contributed by atoms with E-state index in [2.05, 4.69) is 47.9 Å². The molecule has 0 aliphatic carbocycles. The van der Waals surface area contributed by atoms with Crippen LogP contribution in [-0.4, -0.2) is 0 Å². The Morgan fingerprint density at radius 2 is 0.846 bits per heavy atom. The molecule has 0 heterocycles. The largest absolute Gasteiger partial charge is 0.0696 e. The van der Waals surface area contributed by atoms with E-state index in [0.29, 0.717) is 0 Å². The molecule has 0 saturated carbocycles. The molecule has 0 atom stereocenters. The minimum Gasteiger partial charge on any atom is -0.0696 e. The van der Waals surface area contributed by atoms with Crippen LogP contribution in [0.5, 0.6) is 0 Å². The molecule has 0 radical (unpaired) electrons. The first-order chi connectivity index (χ1) is 12.9. The molecule has 0 aliphatic rings. The molecule has 3 aromatic rings. The SMILES string of the molecule is C(#Cc1ccc(C#C/C=C/c2ccccc2)cc1)/C=C/c1ccccc1. The zero-order valence-electron chi connectivity index (χ0n) is 14.4. The molecular weight excluding hydrogens is 312 g/mol. The lowest BCUT2D eigenvalue weighted by molar-refractivity contribution is 1.60. The van der Waals surface area contributed by atoms with Crippen LogP contribution in [0.3, 0.4) is 0 Å². The molecule has 3 rings (SSSR count). The lowest BCUT2D eigenvalue weighted by atomic mass is 10.1. The van der Waals surface area contributed by atoms with Crippen molar-refractivity contribution in [2.75, 3.05) is 0 Å². The summed E-state index contributed by atoms with van der Waals surface area (Å²) in [6, 6.07) is 28.3. The monoisotopic (exact) mass is 330 g/mol. The van der Waals surface area contributed by atoms with Gasteiger partial charge >= 0.3 is 0 Å². The maximum atomic E-state index is 3.13. The third-order valence-electron chi connectivity index (χ3n) is 3.64. The molecule has 3 aromatic carbocycles. The Morgan fingerprint density at radius 3 is 1.23 bits per heavy atom. The van der Waals surface area contributed by atoms with Gasteiger partial charge in [-0.1, -0.05) is 84.3 Å². The second kappa shape index (κ2) is 9.53. The van der Waals surface area contributed by atoms with Gasteiger partial charge in [-0.3, -0.25) is 0 Å². The number of hydrogen-bond acceptors (Lipinski definition) is 0. The van der Waals surface area contributed by atoms with Gasteiger partial charge in [0.2, 0.25) is 0 Å². The molecule has 0 aliphatic heterocycles. The maximum absolute atomic E-state index is 3.13. The van der Waals surface area contributed by atoms with E-state index in [-0.39, 0.29) is 0 Å². The first-order valence-electron chi connectivity index (χ1n) is 8.46. The van der Waals surface area contributed by atoms with E-state index in [1.165, 1.54) is 0 Å². The third-order valence-corrected chi connectivity index (χ3v) is 3.64. The van der Waals surface area contributed by atoms with Gasteiger partial charge in [0.25, 0.3) is 0 Å². The Kier molecular flexibility index (Phi) is 6.27. The smallest absolute Gasteiger partial charge is 0.0249 e. The second-order valence-corrected chi connectivity index (χ2v) is 5.60. The average molecular weight is 330 g/mol. The third kappa shape index (κ3) is 5.72. The van der Waals surface area contributed by atoms with E-state index in [4.69, 9.17) is 0 Å². The minimum absolute atomic E-state index is 0.980. The van der Waals surface area contributed by atoms with Gasteiger partial charge in [-0.05, 0) is 59.7 Å². The van der Waals surface area contributed by atoms with E-state index < -0.39 is 0 Å². The topological polar surface area (TPSA) is 0 Å². The van der Waals surface area contributed by atoms with Crippen LogP contribution in [0.25, 0.3) is 12.2 Å². The van der Waals surface area contributed by atoms with Crippen molar-refractivity contribution in [1.82, 2.24) is 0 Å². The fourth-order valence-electron chi connectivity index (χ4n) is 2.29. The van der Waals surface area contributed by atoms with Crippen LogP contribution in [0.15, 0.2) is 97.1 Å². The molecule has 0 bridgehead atoms. The van der Waals surface area contributed by atoms with Gasteiger partial charge in [-0.25, -0.2) is 0 Å². The summed E-state index contributed by atoms with van der Waals surface area (Å²) in [5.41, 5.74) is 4.26. The van der Waals surface area contributed by atoms with Gasteiger partial charge in [-0.15, -0.1) is 0 Å². The van der Waals surface area contributed by atoms with Gasteiger partial charge in [0.1, 0.15) is 0 Å². The standard InChI is InChI=1S/C26H18/c1-3-11-23(12-4-1)15-7-9-17-25-19-21-26(22-20-25)18-10-8-16-24-13-5-2-6-14-24/h1-8,11-16,19-22H/b15-7+,16-8+. The predicted octanol–water partition coefficient (Wildman–Crippen LogP) is 5.82. The fraction of sp³-hybridized carbons (Fsp3) is 0. The van der Waals surface area contributed by atoms with Crippen molar-refractivity contribution < 1.29 is 0 Å². The zero-order chi connectivity index (χ0) is 17.9. The molecule has 0 saturated heterocycles. The fourth-order valence-corrected chi connectivity index (χ4v) is 2.29. The van der Waals surface area contributed by atoms with Crippen molar-refractivity contribution in [2.45, 2.75) is 0 Å². The van der Waals surface area contributed by atoms with Crippen molar-refractivity contribution in [3.63, 3.8) is 0 Å². The molecular formula is C26H18. The first kappa shape index (κ1) is 17.1. The van der Waals surface area contributed by atoms with Gasteiger partial charge < -0.3 is 0 Å². The van der Waals surface area contributed by atoms with Crippen molar-refractivity contribution in [3.05, 3.63) is 119 Å². The molecule has 0 spiro atoms. The summed E-state index contributed by atoms with van der Waals surface area (Å²) in [7, 11) is 0. The number of allylic oxidation sites excluding steroid dienone is 2. The lowest BCUT2D eigenvalue weighted by Crippen LogP contribution is -1.76. The van der Waals surface area contributed by atoms with E-state index in [1.54, 1.807) is 0 Å². The average Bonchev–Trinajstić information content (AvgIpc) is 2.71. The summed E-state index contributed by atoms with van der Waals surface area (Å²) in [6.07, 6.45) is 7.76. The Labute approximate surface area is 155 Å². The Balaban J connectivity index is 1.58. The van der Waals surface area contributed by atoms with Crippen LogP contribution >= 0.6 is 0 Å². The highest BCUT2D eigenvalue weighted by molar-refractivity contribution is 5.55. The van der Waals surface area contributed by atoms with E-state index in [1.807, 2.05) is 85.0 Å². The molecule has 0 fully saturated rings.